The zero-order valence-corrected chi connectivity index (χ0v) is 45.1. The van der Waals surface area contributed by atoms with Crippen LogP contribution < -0.4 is 9.80 Å². The highest BCUT2D eigenvalue weighted by atomic mass is 16.3. The Balaban J connectivity index is 0.863. The molecule has 15 aromatic rings. The van der Waals surface area contributed by atoms with E-state index in [1.165, 1.54) is 55.6 Å². The van der Waals surface area contributed by atoms with Crippen LogP contribution in [0.5, 0.6) is 0 Å². The molecule has 0 radical (unpaired) electrons. The van der Waals surface area contributed by atoms with E-state index >= 15 is 0 Å². The van der Waals surface area contributed by atoms with E-state index < -0.39 is 5.41 Å². The van der Waals surface area contributed by atoms with Crippen LogP contribution in [0, 0.1) is 0 Å². The largest absolute Gasteiger partial charge is 0.455 e. The molecule has 2 heterocycles. The van der Waals surface area contributed by atoms with Crippen molar-refractivity contribution in [1.82, 2.24) is 0 Å². The maximum atomic E-state index is 6.55. The summed E-state index contributed by atoms with van der Waals surface area (Å²) in [6.07, 6.45) is 0. The lowest BCUT2D eigenvalue weighted by atomic mass is 9.65. The van der Waals surface area contributed by atoms with Crippen molar-refractivity contribution in [2.45, 2.75) is 5.41 Å². The van der Waals surface area contributed by atoms with Gasteiger partial charge in [0, 0.05) is 66.8 Å². The molecule has 0 N–H and O–H groups in total. The van der Waals surface area contributed by atoms with E-state index in [9.17, 15) is 0 Å². The summed E-state index contributed by atoms with van der Waals surface area (Å²) in [5.41, 5.74) is 25.8. The molecule has 1 spiro atoms. The number of rotatable bonds is 8. The third kappa shape index (κ3) is 7.13. The van der Waals surface area contributed by atoms with Gasteiger partial charge in [-0.2, -0.15) is 0 Å². The molecule has 0 aliphatic heterocycles. The predicted octanol–water partition coefficient (Wildman–Crippen LogP) is 21.8. The Kier molecular flexibility index (Phi) is 10.5. The molecule has 4 nitrogen and oxygen atoms in total. The van der Waals surface area contributed by atoms with E-state index in [-0.39, 0.29) is 0 Å². The van der Waals surface area contributed by atoms with Crippen LogP contribution >= 0.6 is 0 Å². The molecule has 2 aliphatic rings. The highest BCUT2D eigenvalue weighted by Crippen LogP contribution is 2.63. The molecule has 17 rings (SSSR count). The van der Waals surface area contributed by atoms with Crippen molar-refractivity contribution in [3.8, 4) is 55.6 Å². The Morgan fingerprint density at radius 3 is 0.988 bits per heavy atom. The van der Waals surface area contributed by atoms with Gasteiger partial charge < -0.3 is 18.6 Å². The molecule has 2 aliphatic carbocycles. The van der Waals surface area contributed by atoms with E-state index in [2.05, 4.69) is 289 Å². The maximum Gasteiger partial charge on any atom is 0.143 e. The van der Waals surface area contributed by atoms with Gasteiger partial charge in [0.15, 0.2) is 0 Å². The third-order valence-corrected chi connectivity index (χ3v) is 17.5. The molecule has 0 unspecified atom stereocenters. The van der Waals surface area contributed by atoms with Crippen LogP contribution in [0.15, 0.2) is 312 Å². The summed E-state index contributed by atoms with van der Waals surface area (Å²) in [5, 5.41) is 4.49. The molecular weight excluding hydrogens is 1010 g/mol. The van der Waals surface area contributed by atoms with Gasteiger partial charge in [0.25, 0.3) is 0 Å². The number of fused-ring (bicyclic) bond motifs is 18. The van der Waals surface area contributed by atoms with Gasteiger partial charge in [-0.05, 0) is 152 Å². The summed E-state index contributed by atoms with van der Waals surface area (Å²) < 4.78 is 13.1. The van der Waals surface area contributed by atoms with Gasteiger partial charge >= 0.3 is 0 Å². The first kappa shape index (κ1) is 46.9. The minimum atomic E-state index is -0.766. The van der Waals surface area contributed by atoms with Crippen molar-refractivity contribution in [2.75, 3.05) is 9.80 Å². The second-order valence-corrected chi connectivity index (χ2v) is 21.8. The number of hydrogen-bond acceptors (Lipinski definition) is 4. The Labute approximate surface area is 480 Å². The number of para-hydroxylation sites is 6. The number of anilines is 6. The fourth-order valence-electron chi connectivity index (χ4n) is 13.9. The van der Waals surface area contributed by atoms with Gasteiger partial charge in [-0.1, -0.05) is 218 Å². The quantitative estimate of drug-likeness (QED) is 0.152. The monoisotopic (exact) mass is 1060 g/mol. The van der Waals surface area contributed by atoms with Crippen LogP contribution in [0.1, 0.15) is 22.3 Å². The zero-order chi connectivity index (χ0) is 54.6. The summed E-state index contributed by atoms with van der Waals surface area (Å²) in [4.78, 5) is 4.82. The molecule has 388 valence electrons. The molecular formula is C79H50N2O2. The lowest BCUT2D eigenvalue weighted by molar-refractivity contribution is 0.669. The molecule has 0 amide bonds. The van der Waals surface area contributed by atoms with Gasteiger partial charge in [0.1, 0.15) is 22.3 Å². The van der Waals surface area contributed by atoms with Crippen LogP contribution in [0.3, 0.4) is 0 Å². The van der Waals surface area contributed by atoms with Crippen LogP contribution in [0.25, 0.3) is 99.5 Å². The average Bonchev–Trinajstić information content (AvgIpc) is 4.42. The topological polar surface area (TPSA) is 32.8 Å². The van der Waals surface area contributed by atoms with Gasteiger partial charge in [0.2, 0.25) is 0 Å². The van der Waals surface area contributed by atoms with E-state index in [0.29, 0.717) is 0 Å². The number of furan rings is 2. The Morgan fingerprint density at radius 2 is 0.542 bits per heavy atom. The fourth-order valence-corrected chi connectivity index (χ4v) is 13.9. The molecule has 0 fully saturated rings. The second-order valence-electron chi connectivity index (χ2n) is 21.8. The Bertz CT molecular complexity index is 4720. The fraction of sp³-hybridized carbons (Fsp3) is 0.0127. The van der Waals surface area contributed by atoms with E-state index in [1.807, 2.05) is 24.3 Å². The van der Waals surface area contributed by atoms with Crippen LogP contribution in [0.4, 0.5) is 34.1 Å². The zero-order valence-electron chi connectivity index (χ0n) is 45.1. The van der Waals surface area contributed by atoms with Crippen LogP contribution in [0.2, 0.25) is 0 Å². The first-order chi connectivity index (χ1) is 41.2. The number of hydrogen-bond donors (Lipinski definition) is 0. The van der Waals surface area contributed by atoms with Crippen molar-refractivity contribution < 1.29 is 8.83 Å². The highest BCUT2D eigenvalue weighted by Gasteiger charge is 2.50. The summed E-state index contributed by atoms with van der Waals surface area (Å²) in [7, 11) is 0. The van der Waals surface area contributed by atoms with Crippen molar-refractivity contribution >= 4 is 78.0 Å². The Morgan fingerprint density at radius 1 is 0.217 bits per heavy atom. The molecule has 0 saturated heterocycles. The normalized spacial score (nSPS) is 12.7. The summed E-state index contributed by atoms with van der Waals surface area (Å²) >= 11 is 0. The lowest BCUT2D eigenvalue weighted by Gasteiger charge is -2.37. The second kappa shape index (κ2) is 18.6. The summed E-state index contributed by atoms with van der Waals surface area (Å²) in [6.45, 7) is 0. The van der Waals surface area contributed by atoms with Crippen LogP contribution in [-0.4, -0.2) is 0 Å². The van der Waals surface area contributed by atoms with E-state index in [4.69, 9.17) is 8.83 Å². The standard InChI is InChI=1S/C79H50N2O2/c1-3-19-53(20-4-1)80(55-41-37-51(38-42-55)59-29-17-31-69-67-27-11-15-35-75(67)82-77(59)69)57-45-47-65-66-48-46-58(50-74(66)79(73(65)49-57)71-33-13-9-25-63(71)61-23-7-8-24-62(61)64-26-10-14-34-72(64)79)81(54-21-5-2-6-22-54)56-43-39-52(40-44-56)60-30-18-32-70-68-28-12-16-36-76(68)83-78(60)70/h1-50H. The molecule has 0 atom stereocenters. The molecule has 4 heteroatoms. The van der Waals surface area contributed by atoms with Crippen molar-refractivity contribution in [2.24, 2.45) is 0 Å². The van der Waals surface area contributed by atoms with Gasteiger partial charge in [-0.3, -0.25) is 0 Å². The number of benzene rings is 13. The first-order valence-electron chi connectivity index (χ1n) is 28.5. The Hall–Kier alpha value is -10.9. The smallest absolute Gasteiger partial charge is 0.143 e. The lowest BCUT2D eigenvalue weighted by Crippen LogP contribution is -2.30. The minimum Gasteiger partial charge on any atom is -0.455 e. The molecule has 13 aromatic carbocycles. The molecule has 0 saturated carbocycles. The van der Waals surface area contributed by atoms with E-state index in [1.54, 1.807) is 0 Å². The molecule has 2 aromatic heterocycles. The maximum absolute atomic E-state index is 6.55. The number of nitrogens with zero attached hydrogens (tertiary/aromatic N) is 2. The van der Waals surface area contributed by atoms with Crippen molar-refractivity contribution in [3.05, 3.63) is 326 Å². The van der Waals surface area contributed by atoms with Gasteiger partial charge in [-0.15, -0.1) is 0 Å². The van der Waals surface area contributed by atoms with Gasteiger partial charge in [-0.25, -0.2) is 0 Å². The average molecular weight is 1060 g/mol. The van der Waals surface area contributed by atoms with Gasteiger partial charge in [0.05, 0.1) is 5.41 Å². The summed E-state index contributed by atoms with van der Waals surface area (Å²) in [6, 6.07) is 111. The SMILES string of the molecule is c1ccc(N(c2ccc(-c3cccc4c3oc3ccccc34)cc2)c2ccc3c(c2)C2(c4ccccc4-c4ccccc4-c4ccccc42)c2cc(N(c4ccccc4)c4ccc(-c5cccc6c5oc5ccccc56)cc4)ccc2-3)cc1. The third-order valence-electron chi connectivity index (χ3n) is 17.5. The van der Waals surface area contributed by atoms with Crippen LogP contribution in [-0.2, 0) is 5.41 Å². The van der Waals surface area contributed by atoms with Crippen molar-refractivity contribution in [3.63, 3.8) is 0 Å². The molecule has 0 bridgehead atoms. The van der Waals surface area contributed by atoms with E-state index in [0.717, 1.165) is 100 Å². The van der Waals surface area contributed by atoms with Crippen molar-refractivity contribution in [1.29, 1.82) is 0 Å². The molecule has 83 heavy (non-hydrogen) atoms. The minimum absolute atomic E-state index is 0.766. The predicted molar refractivity (Wildman–Crippen MR) is 343 cm³/mol. The summed E-state index contributed by atoms with van der Waals surface area (Å²) in [5.74, 6) is 0. The highest BCUT2D eigenvalue weighted by molar-refractivity contribution is 6.11. The first-order valence-corrected chi connectivity index (χ1v) is 28.5.